The molecule has 0 aliphatic rings. The van der Waals surface area contributed by atoms with Gasteiger partial charge >= 0.3 is 0 Å². The Bertz CT molecular complexity index is 508. The van der Waals surface area contributed by atoms with Gasteiger partial charge in [0.25, 0.3) is 0 Å². The first-order valence-corrected chi connectivity index (χ1v) is 5.74. The molecule has 2 aromatic rings. The molecule has 0 aliphatic carbocycles. The molecule has 0 bridgehead atoms. The predicted octanol–water partition coefficient (Wildman–Crippen LogP) is 2.20. The number of hydrogen-bond donors (Lipinski definition) is 1. The Morgan fingerprint density at radius 3 is 2.35 bits per heavy atom. The second kappa shape index (κ2) is 5.01. The largest absolute Gasteiger partial charge is 0.392 e. The summed E-state index contributed by atoms with van der Waals surface area (Å²) < 4.78 is 0. The highest BCUT2D eigenvalue weighted by atomic mass is 32.1. The third kappa shape index (κ3) is 2.65. The highest BCUT2D eigenvalue weighted by molar-refractivity contribution is 7.80. The Morgan fingerprint density at radius 1 is 1.12 bits per heavy atom. The number of thiocarbonyl (C=S) groups is 1. The maximum Gasteiger partial charge on any atom is 0.0864 e. The quantitative estimate of drug-likeness (QED) is 0.840. The van der Waals surface area contributed by atoms with Crippen LogP contribution >= 0.6 is 12.2 Å². The van der Waals surface area contributed by atoms with Crippen molar-refractivity contribution >= 4 is 17.2 Å². The number of benzene rings is 1. The van der Waals surface area contributed by atoms with Gasteiger partial charge in [-0.1, -0.05) is 42.5 Å². The number of nitrogens with zero attached hydrogens (tertiary/aromatic N) is 2. The number of rotatable bonds is 3. The fraction of sp³-hybridized carbons (Fsp3) is 0.154. The normalized spacial score (nSPS) is 12.1. The van der Waals surface area contributed by atoms with E-state index in [4.69, 9.17) is 18.0 Å². The van der Waals surface area contributed by atoms with Gasteiger partial charge in [0.15, 0.2) is 0 Å². The van der Waals surface area contributed by atoms with Gasteiger partial charge < -0.3 is 5.73 Å². The summed E-state index contributed by atoms with van der Waals surface area (Å²) in [4.78, 5) is 0.411. The Labute approximate surface area is 106 Å². The lowest BCUT2D eigenvalue weighted by Crippen LogP contribution is -2.21. The van der Waals surface area contributed by atoms with E-state index in [2.05, 4.69) is 10.2 Å². The van der Waals surface area contributed by atoms with Crippen molar-refractivity contribution in [1.82, 2.24) is 10.2 Å². The van der Waals surface area contributed by atoms with Gasteiger partial charge in [0.05, 0.1) is 22.3 Å². The molecule has 0 saturated heterocycles. The van der Waals surface area contributed by atoms with Crippen LogP contribution in [0.15, 0.2) is 42.5 Å². The van der Waals surface area contributed by atoms with Crippen LogP contribution in [0.25, 0.3) is 0 Å². The summed E-state index contributed by atoms with van der Waals surface area (Å²) in [5, 5.41) is 8.20. The molecule has 1 atom stereocenters. The Hall–Kier alpha value is -1.81. The van der Waals surface area contributed by atoms with Crippen LogP contribution in [0.4, 0.5) is 0 Å². The lowest BCUT2D eigenvalue weighted by molar-refractivity contribution is 0.879. The molecule has 0 aliphatic heterocycles. The second-order valence-electron chi connectivity index (χ2n) is 3.85. The van der Waals surface area contributed by atoms with Crippen LogP contribution in [0.3, 0.4) is 0 Å². The van der Waals surface area contributed by atoms with Crippen LogP contribution in [0.5, 0.6) is 0 Å². The molecule has 0 fully saturated rings. The van der Waals surface area contributed by atoms with Gasteiger partial charge in [0.1, 0.15) is 0 Å². The Balaban J connectivity index is 2.43. The van der Waals surface area contributed by atoms with Crippen molar-refractivity contribution < 1.29 is 0 Å². The summed E-state index contributed by atoms with van der Waals surface area (Å²) in [5.41, 5.74) is 8.51. The van der Waals surface area contributed by atoms with E-state index in [1.165, 1.54) is 0 Å². The monoisotopic (exact) mass is 243 g/mol. The van der Waals surface area contributed by atoms with E-state index >= 15 is 0 Å². The van der Waals surface area contributed by atoms with Gasteiger partial charge in [0.2, 0.25) is 0 Å². The van der Waals surface area contributed by atoms with Crippen molar-refractivity contribution in [1.29, 1.82) is 0 Å². The molecule has 0 spiro atoms. The average Bonchev–Trinajstić information content (AvgIpc) is 2.33. The van der Waals surface area contributed by atoms with Crippen LogP contribution in [0.2, 0.25) is 0 Å². The van der Waals surface area contributed by atoms with E-state index in [0.717, 1.165) is 17.0 Å². The predicted molar refractivity (Wildman–Crippen MR) is 71.8 cm³/mol. The molecular weight excluding hydrogens is 230 g/mol. The third-order valence-electron chi connectivity index (χ3n) is 2.53. The van der Waals surface area contributed by atoms with Gasteiger partial charge in [-0.25, -0.2) is 0 Å². The fourth-order valence-electron chi connectivity index (χ4n) is 1.69. The van der Waals surface area contributed by atoms with Gasteiger partial charge in [0, 0.05) is 0 Å². The summed E-state index contributed by atoms with van der Waals surface area (Å²) in [6.07, 6.45) is 0. The van der Waals surface area contributed by atoms with Gasteiger partial charge in [-0.3, -0.25) is 0 Å². The van der Waals surface area contributed by atoms with E-state index in [-0.39, 0.29) is 5.92 Å². The number of nitrogens with two attached hydrogens (primary N) is 1. The highest BCUT2D eigenvalue weighted by Gasteiger charge is 2.18. The van der Waals surface area contributed by atoms with Crippen LogP contribution in [-0.2, 0) is 0 Å². The van der Waals surface area contributed by atoms with Crippen molar-refractivity contribution in [3.8, 4) is 0 Å². The Morgan fingerprint density at radius 2 is 1.82 bits per heavy atom. The van der Waals surface area contributed by atoms with Crippen LogP contribution in [0, 0.1) is 6.92 Å². The molecule has 0 amide bonds. The topological polar surface area (TPSA) is 51.8 Å². The Kier molecular flexibility index (Phi) is 3.44. The zero-order chi connectivity index (χ0) is 12.3. The molecule has 1 heterocycles. The van der Waals surface area contributed by atoms with Crippen molar-refractivity contribution in [2.75, 3.05) is 0 Å². The van der Waals surface area contributed by atoms with Crippen LogP contribution in [-0.4, -0.2) is 15.2 Å². The summed E-state index contributed by atoms with van der Waals surface area (Å²) in [7, 11) is 0. The van der Waals surface area contributed by atoms with E-state index in [1.807, 2.05) is 49.4 Å². The molecule has 4 heteroatoms. The minimum atomic E-state index is -0.167. The van der Waals surface area contributed by atoms with Crippen molar-refractivity contribution in [3.05, 3.63) is 59.4 Å². The van der Waals surface area contributed by atoms with Crippen LogP contribution in [0.1, 0.15) is 22.9 Å². The van der Waals surface area contributed by atoms with Crippen molar-refractivity contribution in [2.45, 2.75) is 12.8 Å². The SMILES string of the molecule is Cc1ccc(C(C(N)=S)c2ccccc2)nn1. The number of aryl methyl sites for hydroxylation is 1. The number of hydrogen-bond acceptors (Lipinski definition) is 3. The van der Waals surface area contributed by atoms with E-state index < -0.39 is 0 Å². The first-order valence-electron chi connectivity index (χ1n) is 5.33. The molecule has 0 radical (unpaired) electrons. The molecule has 0 saturated carbocycles. The van der Waals surface area contributed by atoms with E-state index in [0.29, 0.717) is 4.99 Å². The molecule has 17 heavy (non-hydrogen) atoms. The first-order chi connectivity index (χ1) is 8.18. The molecule has 1 aromatic heterocycles. The number of aromatic nitrogens is 2. The van der Waals surface area contributed by atoms with Gasteiger partial charge in [-0.05, 0) is 24.6 Å². The van der Waals surface area contributed by atoms with E-state index in [9.17, 15) is 0 Å². The van der Waals surface area contributed by atoms with Crippen molar-refractivity contribution in [3.63, 3.8) is 0 Å². The van der Waals surface area contributed by atoms with Crippen molar-refractivity contribution in [2.24, 2.45) is 5.73 Å². The first kappa shape index (κ1) is 11.7. The highest BCUT2D eigenvalue weighted by Crippen LogP contribution is 2.22. The maximum absolute atomic E-state index is 5.80. The standard InChI is InChI=1S/C13H13N3S/c1-9-7-8-11(16-15-9)12(13(14)17)10-5-3-2-4-6-10/h2-8,12H,1H3,(H2,14,17). The second-order valence-corrected chi connectivity index (χ2v) is 4.32. The zero-order valence-corrected chi connectivity index (χ0v) is 10.3. The molecule has 1 unspecified atom stereocenters. The minimum absolute atomic E-state index is 0.167. The maximum atomic E-state index is 5.80. The molecular formula is C13H13N3S. The molecule has 2 N–H and O–H groups in total. The smallest absolute Gasteiger partial charge is 0.0864 e. The molecule has 3 nitrogen and oxygen atoms in total. The lowest BCUT2D eigenvalue weighted by Gasteiger charge is -2.14. The molecule has 86 valence electrons. The summed E-state index contributed by atoms with van der Waals surface area (Å²) in [6, 6.07) is 13.7. The summed E-state index contributed by atoms with van der Waals surface area (Å²) >= 11 is 5.12. The van der Waals surface area contributed by atoms with Gasteiger partial charge in [-0.2, -0.15) is 10.2 Å². The van der Waals surface area contributed by atoms with E-state index in [1.54, 1.807) is 0 Å². The summed E-state index contributed by atoms with van der Waals surface area (Å²) in [5.74, 6) is -0.167. The lowest BCUT2D eigenvalue weighted by atomic mass is 9.95. The average molecular weight is 243 g/mol. The summed E-state index contributed by atoms with van der Waals surface area (Å²) in [6.45, 7) is 1.90. The fourth-order valence-corrected chi connectivity index (χ4v) is 1.95. The zero-order valence-electron chi connectivity index (χ0n) is 9.50. The molecule has 1 aromatic carbocycles. The van der Waals surface area contributed by atoms with Crippen LogP contribution < -0.4 is 5.73 Å². The minimum Gasteiger partial charge on any atom is -0.392 e. The van der Waals surface area contributed by atoms with Gasteiger partial charge in [-0.15, -0.1) is 0 Å². The third-order valence-corrected chi connectivity index (χ3v) is 2.77. The molecule has 2 rings (SSSR count).